The van der Waals surface area contributed by atoms with Gasteiger partial charge in [-0.3, -0.25) is 9.97 Å². The first-order chi connectivity index (χ1) is 31.4. The molecule has 0 spiro atoms. The topological polar surface area (TPSA) is 69.6 Å². The fraction of sp³-hybridized carbons (Fsp3) is 0.241. The summed E-state index contributed by atoms with van der Waals surface area (Å²) >= 11 is 0. The molecule has 0 unspecified atom stereocenters. The number of nitrogens with zero attached hydrogens (tertiary/aromatic N) is 5. The minimum Gasteiger partial charge on any atom is -0.486 e. The maximum absolute atomic E-state index is 6.73. The Kier molecular flexibility index (Phi) is 12.5. The molecule has 0 atom stereocenters. The number of aryl methyl sites for hydroxylation is 1. The third kappa shape index (κ3) is 8.82. The van der Waals surface area contributed by atoms with Crippen molar-refractivity contribution in [2.45, 2.75) is 90.8 Å². The average Bonchev–Trinajstić information content (AvgIpc) is 3.91. The van der Waals surface area contributed by atoms with E-state index in [-0.39, 0.29) is 25.5 Å². The first kappa shape index (κ1) is 45.1. The van der Waals surface area contributed by atoms with E-state index in [1.54, 1.807) is 0 Å². The molecular formula is C58H55IrN5OSi-2. The summed E-state index contributed by atoms with van der Waals surface area (Å²) in [5, 5.41) is 4.50. The molecule has 6 nitrogen and oxygen atoms in total. The smallest absolute Gasteiger partial charge is 0.216 e. The van der Waals surface area contributed by atoms with Gasteiger partial charge in [-0.05, 0) is 95.7 Å². The van der Waals surface area contributed by atoms with Crippen molar-refractivity contribution < 1.29 is 24.5 Å². The number of rotatable bonds is 6. The molecule has 0 N–H and O–H groups in total. The summed E-state index contributed by atoms with van der Waals surface area (Å²) in [5.41, 5.74) is 13.9. The number of furan rings is 1. The molecular weight excluding hydrogens is 1000 g/mol. The van der Waals surface area contributed by atoms with Crippen molar-refractivity contribution in [1.82, 2.24) is 24.5 Å². The summed E-state index contributed by atoms with van der Waals surface area (Å²) in [6.07, 6.45) is 8.27. The molecule has 0 saturated heterocycles. The number of imidazole rings is 1. The van der Waals surface area contributed by atoms with E-state index < -0.39 is 8.07 Å². The van der Waals surface area contributed by atoms with Crippen molar-refractivity contribution in [2.24, 2.45) is 0 Å². The Bertz CT molecular complexity index is 3320. The zero-order valence-electron chi connectivity index (χ0n) is 38.9. The van der Waals surface area contributed by atoms with E-state index >= 15 is 0 Å². The Balaban J connectivity index is 0.000000273. The SMILES string of the molecule is C[Si](C)(C)c1ccc(-c2[c-]cccc2)nc1.Cc1ccc2c(ccc3nc(-c4[c-]ccc5c4oc4nc(C6CCCCC6)ccc45)n(-c4ccc(C(C)(C)C)cc4-c4ccccc4)c32)n1.[Ir]. The molecule has 1 saturated carbocycles. The fourth-order valence-electron chi connectivity index (χ4n) is 9.30. The van der Waals surface area contributed by atoms with Crippen LogP contribution in [0.2, 0.25) is 19.6 Å². The van der Waals surface area contributed by atoms with Gasteiger partial charge in [-0.1, -0.05) is 119 Å². The van der Waals surface area contributed by atoms with Crippen LogP contribution in [0.1, 0.15) is 75.7 Å². The third-order valence-corrected chi connectivity index (χ3v) is 15.0. The molecule has 1 aliphatic carbocycles. The Morgan fingerprint density at radius 3 is 2.20 bits per heavy atom. The van der Waals surface area contributed by atoms with Gasteiger partial charge < -0.3 is 14.0 Å². The first-order valence-corrected chi connectivity index (χ1v) is 26.6. The Labute approximate surface area is 403 Å². The molecule has 1 radical (unpaired) electrons. The Hall–Kier alpha value is -6.05. The Morgan fingerprint density at radius 2 is 1.47 bits per heavy atom. The second-order valence-corrected chi connectivity index (χ2v) is 24.7. The number of aromatic nitrogens is 5. The minimum atomic E-state index is -1.23. The van der Waals surface area contributed by atoms with Crippen molar-refractivity contribution >= 4 is 57.3 Å². The van der Waals surface area contributed by atoms with Gasteiger partial charge in [0, 0.05) is 65.6 Å². The number of hydrogen-bond acceptors (Lipinski definition) is 5. The summed E-state index contributed by atoms with van der Waals surface area (Å²) in [4.78, 5) is 19.9. The van der Waals surface area contributed by atoms with Crippen molar-refractivity contribution in [3.05, 3.63) is 169 Å². The summed E-state index contributed by atoms with van der Waals surface area (Å²) in [5.74, 6) is 1.28. The second kappa shape index (κ2) is 18.3. The van der Waals surface area contributed by atoms with E-state index in [0.29, 0.717) is 11.6 Å². The number of fused-ring (bicyclic) bond motifs is 6. The van der Waals surface area contributed by atoms with Crippen LogP contribution in [0.4, 0.5) is 0 Å². The molecule has 66 heavy (non-hydrogen) atoms. The molecule has 5 aromatic carbocycles. The van der Waals surface area contributed by atoms with Crippen LogP contribution >= 0.6 is 0 Å². The van der Waals surface area contributed by atoms with Crippen LogP contribution < -0.4 is 5.19 Å². The first-order valence-electron chi connectivity index (χ1n) is 23.1. The molecule has 11 rings (SSSR count). The zero-order chi connectivity index (χ0) is 44.9. The molecule has 0 amide bonds. The molecule has 0 aliphatic heterocycles. The second-order valence-electron chi connectivity index (χ2n) is 19.7. The van der Waals surface area contributed by atoms with Gasteiger partial charge in [-0.15, -0.1) is 54.1 Å². The van der Waals surface area contributed by atoms with Crippen LogP contribution in [-0.4, -0.2) is 32.6 Å². The van der Waals surface area contributed by atoms with Crippen LogP contribution in [0.5, 0.6) is 0 Å². The Morgan fingerprint density at radius 1 is 0.697 bits per heavy atom. The molecule has 10 aromatic rings. The van der Waals surface area contributed by atoms with Crippen LogP contribution in [0.3, 0.4) is 0 Å². The van der Waals surface area contributed by atoms with Gasteiger partial charge in [0.2, 0.25) is 5.71 Å². The van der Waals surface area contributed by atoms with E-state index in [1.165, 1.54) is 42.9 Å². The maximum Gasteiger partial charge on any atom is 0.216 e. The largest absolute Gasteiger partial charge is 0.486 e. The fourth-order valence-corrected chi connectivity index (χ4v) is 10.3. The number of hydrogen-bond donors (Lipinski definition) is 0. The van der Waals surface area contributed by atoms with Gasteiger partial charge >= 0.3 is 0 Å². The maximum atomic E-state index is 6.73. The molecule has 333 valence electrons. The van der Waals surface area contributed by atoms with E-state index in [0.717, 1.165) is 89.1 Å². The van der Waals surface area contributed by atoms with Crippen molar-refractivity contribution in [3.63, 3.8) is 0 Å². The van der Waals surface area contributed by atoms with Crippen molar-refractivity contribution in [3.8, 4) is 39.5 Å². The molecule has 8 heteroatoms. The van der Waals surface area contributed by atoms with E-state index in [2.05, 4.69) is 165 Å². The summed E-state index contributed by atoms with van der Waals surface area (Å²) in [6.45, 7) is 15.8. The summed E-state index contributed by atoms with van der Waals surface area (Å²) in [6, 6.07) is 53.5. The third-order valence-electron chi connectivity index (χ3n) is 13.0. The van der Waals surface area contributed by atoms with Gasteiger partial charge in [0.25, 0.3) is 0 Å². The van der Waals surface area contributed by atoms with Gasteiger partial charge in [0.1, 0.15) is 0 Å². The normalized spacial score (nSPS) is 13.5. The van der Waals surface area contributed by atoms with Gasteiger partial charge in [0.15, 0.2) is 0 Å². The molecule has 5 aromatic heterocycles. The van der Waals surface area contributed by atoms with Gasteiger partial charge in [0.05, 0.1) is 36.0 Å². The van der Waals surface area contributed by atoms with Crippen molar-refractivity contribution in [1.29, 1.82) is 0 Å². The average molecular weight is 1060 g/mol. The van der Waals surface area contributed by atoms with Gasteiger partial charge in [-0.25, -0.2) is 4.98 Å². The minimum absolute atomic E-state index is 0. The van der Waals surface area contributed by atoms with E-state index in [1.807, 2.05) is 43.5 Å². The van der Waals surface area contributed by atoms with E-state index in [9.17, 15) is 0 Å². The summed E-state index contributed by atoms with van der Waals surface area (Å²) < 4.78 is 9.04. The van der Waals surface area contributed by atoms with Crippen LogP contribution in [0.25, 0.3) is 83.5 Å². The predicted octanol–water partition coefficient (Wildman–Crippen LogP) is 14.7. The van der Waals surface area contributed by atoms with Gasteiger partial charge in [-0.2, -0.15) is 0 Å². The monoisotopic (exact) mass is 1060 g/mol. The van der Waals surface area contributed by atoms with Crippen LogP contribution in [0.15, 0.2) is 144 Å². The molecule has 1 fully saturated rings. The number of benzene rings is 5. The summed E-state index contributed by atoms with van der Waals surface area (Å²) in [7, 11) is -1.23. The van der Waals surface area contributed by atoms with E-state index in [4.69, 9.17) is 19.4 Å². The van der Waals surface area contributed by atoms with Crippen LogP contribution in [0, 0.1) is 19.1 Å². The molecule has 0 bridgehead atoms. The quantitative estimate of drug-likeness (QED) is 0.123. The number of pyridine rings is 3. The van der Waals surface area contributed by atoms with Crippen LogP contribution in [-0.2, 0) is 25.5 Å². The predicted molar refractivity (Wildman–Crippen MR) is 272 cm³/mol. The zero-order valence-corrected chi connectivity index (χ0v) is 42.3. The molecule has 5 heterocycles. The molecule has 1 aliphatic rings. The van der Waals surface area contributed by atoms with Crippen molar-refractivity contribution in [2.75, 3.05) is 0 Å². The standard InChI is InChI=1S/C44H39N4O.C14H16NSi.Ir/c1-27-18-20-33-37(45-27)23-24-38-40(33)48(39-25-19-30(44(2,3)4)26-35(39)28-12-7-5-8-13-28)42(46-38)34-17-11-16-31-32-21-22-36(29-14-9-6-10-15-29)47-43(32)49-41(31)34;1-16(2,3)13-9-10-14(15-11-13)12-7-5-4-6-8-12;/h5,7-8,11-13,16,18-26,29H,6,9-10,14-15H2,1-4H3;4-7,9-11H,1-3H3;/q2*-1;.